The molecular weight excluding hydrogens is 278 g/mol. The van der Waals surface area contributed by atoms with Gasteiger partial charge in [0.1, 0.15) is 11.8 Å². The summed E-state index contributed by atoms with van der Waals surface area (Å²) in [7, 11) is 0. The lowest BCUT2D eigenvalue weighted by Gasteiger charge is -2.14. The second-order valence-corrected chi connectivity index (χ2v) is 4.48. The fourth-order valence-corrected chi connectivity index (χ4v) is 1.64. The van der Waals surface area contributed by atoms with Crippen molar-refractivity contribution < 1.29 is 19.3 Å². The number of nitrogens with two attached hydrogens (primary N) is 1. The first-order chi connectivity index (χ1) is 9.81. The first-order valence-electron chi connectivity index (χ1n) is 6.15. The number of non-ortho nitro benzene ring substituents is 1. The van der Waals surface area contributed by atoms with Crippen molar-refractivity contribution in [3.63, 3.8) is 0 Å². The number of benzene rings is 1. The summed E-state index contributed by atoms with van der Waals surface area (Å²) in [5.74, 6) is -1.56. The van der Waals surface area contributed by atoms with E-state index in [1.165, 1.54) is 25.1 Å². The minimum atomic E-state index is -0.999. The first-order valence-corrected chi connectivity index (χ1v) is 6.15. The lowest BCUT2D eigenvalue weighted by Crippen LogP contribution is -2.44. The average molecular weight is 293 g/mol. The van der Waals surface area contributed by atoms with Gasteiger partial charge < -0.3 is 15.8 Å². The molecule has 2 amide bonds. The third-order valence-corrected chi connectivity index (χ3v) is 2.75. The fraction of sp³-hybridized carbons (Fsp3) is 0.308. The number of nitro benzene ring substituents is 1. The van der Waals surface area contributed by atoms with E-state index in [-0.39, 0.29) is 29.9 Å². The van der Waals surface area contributed by atoms with Crippen LogP contribution in [0.15, 0.2) is 24.3 Å². The number of rotatable bonds is 7. The van der Waals surface area contributed by atoms with Crippen molar-refractivity contribution in [2.24, 2.45) is 5.73 Å². The van der Waals surface area contributed by atoms with Crippen LogP contribution in [0.1, 0.15) is 30.1 Å². The van der Waals surface area contributed by atoms with Gasteiger partial charge in [-0.1, -0.05) is 6.07 Å². The van der Waals surface area contributed by atoms with Crippen LogP contribution in [-0.4, -0.2) is 28.6 Å². The van der Waals surface area contributed by atoms with Gasteiger partial charge in [-0.25, -0.2) is 0 Å². The van der Waals surface area contributed by atoms with Gasteiger partial charge in [0.15, 0.2) is 0 Å². The maximum Gasteiger partial charge on any atom is 0.270 e. The highest BCUT2D eigenvalue weighted by Crippen LogP contribution is 2.13. The molecule has 21 heavy (non-hydrogen) atoms. The third-order valence-electron chi connectivity index (χ3n) is 2.75. The molecule has 0 fully saturated rings. The molecule has 1 atom stereocenters. The van der Waals surface area contributed by atoms with Crippen LogP contribution in [0, 0.1) is 10.1 Å². The molecule has 0 bridgehead atoms. The summed E-state index contributed by atoms with van der Waals surface area (Å²) in [4.78, 5) is 44.1. The van der Waals surface area contributed by atoms with E-state index in [9.17, 15) is 24.5 Å². The minimum absolute atomic E-state index is 0.0401. The molecule has 0 aromatic heterocycles. The van der Waals surface area contributed by atoms with Gasteiger partial charge >= 0.3 is 0 Å². The van der Waals surface area contributed by atoms with Crippen LogP contribution in [0.3, 0.4) is 0 Å². The lowest BCUT2D eigenvalue weighted by atomic mass is 10.1. The molecule has 1 rings (SSSR count). The highest BCUT2D eigenvalue weighted by atomic mass is 16.6. The predicted molar refractivity (Wildman–Crippen MR) is 73.5 cm³/mol. The van der Waals surface area contributed by atoms with Crippen LogP contribution in [0.5, 0.6) is 0 Å². The molecule has 0 saturated carbocycles. The van der Waals surface area contributed by atoms with Crippen LogP contribution in [0.2, 0.25) is 0 Å². The quantitative estimate of drug-likeness (QED) is 0.559. The standard InChI is InChI=1S/C13H15N3O5/c1-8(17)5-6-11(12(14)18)15-13(19)9-3-2-4-10(7-9)16(20)21/h2-4,7,11H,5-6H2,1H3,(H2,14,18)(H,15,19)/t11-/m0/s1. The van der Waals surface area contributed by atoms with Gasteiger partial charge in [0.25, 0.3) is 11.6 Å². The van der Waals surface area contributed by atoms with E-state index in [1.807, 2.05) is 0 Å². The molecular formula is C13H15N3O5. The number of nitro groups is 1. The Balaban J connectivity index is 2.82. The molecule has 112 valence electrons. The average Bonchev–Trinajstić information content (AvgIpc) is 2.42. The Labute approximate surface area is 120 Å². The highest BCUT2D eigenvalue weighted by molar-refractivity contribution is 5.97. The molecule has 0 heterocycles. The second-order valence-electron chi connectivity index (χ2n) is 4.48. The van der Waals surface area contributed by atoms with Crippen LogP contribution in [0.4, 0.5) is 5.69 Å². The zero-order valence-corrected chi connectivity index (χ0v) is 11.4. The maximum absolute atomic E-state index is 12.0. The summed E-state index contributed by atoms with van der Waals surface area (Å²) in [5, 5.41) is 13.0. The molecule has 1 aromatic carbocycles. The summed E-state index contributed by atoms with van der Waals surface area (Å²) in [6.07, 6.45) is 0.189. The SMILES string of the molecule is CC(=O)CC[C@H](NC(=O)c1cccc([N+](=O)[O-])c1)C(N)=O. The smallest absolute Gasteiger partial charge is 0.270 e. The van der Waals surface area contributed by atoms with E-state index in [0.717, 1.165) is 6.07 Å². The van der Waals surface area contributed by atoms with Gasteiger partial charge in [0, 0.05) is 24.1 Å². The second kappa shape index (κ2) is 7.13. The topological polar surface area (TPSA) is 132 Å². The number of nitrogens with one attached hydrogen (secondary N) is 1. The van der Waals surface area contributed by atoms with E-state index in [0.29, 0.717) is 0 Å². The fourth-order valence-electron chi connectivity index (χ4n) is 1.64. The third kappa shape index (κ3) is 5.01. The van der Waals surface area contributed by atoms with Crippen LogP contribution < -0.4 is 11.1 Å². The van der Waals surface area contributed by atoms with Gasteiger partial charge in [0.2, 0.25) is 5.91 Å². The van der Waals surface area contributed by atoms with Crippen molar-refractivity contribution in [3.8, 4) is 0 Å². The zero-order chi connectivity index (χ0) is 16.0. The van der Waals surface area contributed by atoms with Gasteiger partial charge in [-0.2, -0.15) is 0 Å². The first kappa shape index (κ1) is 16.3. The molecule has 1 aromatic rings. The number of ketones is 1. The van der Waals surface area contributed by atoms with Crippen molar-refractivity contribution >= 4 is 23.3 Å². The number of hydrogen-bond acceptors (Lipinski definition) is 5. The minimum Gasteiger partial charge on any atom is -0.368 e. The van der Waals surface area contributed by atoms with Gasteiger partial charge in [-0.3, -0.25) is 19.7 Å². The Morgan fingerprint density at radius 1 is 1.38 bits per heavy atom. The summed E-state index contributed by atoms with van der Waals surface area (Å²) in [5.41, 5.74) is 4.96. The molecule has 3 N–H and O–H groups in total. The number of carbonyl (C=O) groups excluding carboxylic acids is 3. The van der Waals surface area contributed by atoms with E-state index in [4.69, 9.17) is 5.73 Å². The van der Waals surface area contributed by atoms with Crippen molar-refractivity contribution in [2.75, 3.05) is 0 Å². The Morgan fingerprint density at radius 3 is 2.57 bits per heavy atom. The van der Waals surface area contributed by atoms with Crippen molar-refractivity contribution in [2.45, 2.75) is 25.8 Å². The van der Waals surface area contributed by atoms with E-state index < -0.39 is 22.8 Å². The molecule has 0 aliphatic heterocycles. The molecule has 0 spiro atoms. The molecule has 8 heteroatoms. The molecule has 0 radical (unpaired) electrons. The van der Waals surface area contributed by atoms with Gasteiger partial charge in [-0.15, -0.1) is 0 Å². The number of hydrogen-bond donors (Lipinski definition) is 2. The Kier molecular flexibility index (Phi) is 5.53. The van der Waals surface area contributed by atoms with Crippen molar-refractivity contribution in [1.29, 1.82) is 0 Å². The molecule has 0 aliphatic rings. The summed E-state index contributed by atoms with van der Waals surface area (Å²) in [6.45, 7) is 1.36. The summed E-state index contributed by atoms with van der Waals surface area (Å²) in [6, 6.07) is 4.09. The van der Waals surface area contributed by atoms with E-state index in [1.54, 1.807) is 0 Å². The molecule has 0 saturated heterocycles. The summed E-state index contributed by atoms with van der Waals surface area (Å²) >= 11 is 0. The lowest BCUT2D eigenvalue weighted by molar-refractivity contribution is -0.384. The Morgan fingerprint density at radius 2 is 2.05 bits per heavy atom. The number of carbonyl (C=O) groups is 3. The van der Waals surface area contributed by atoms with Crippen molar-refractivity contribution in [3.05, 3.63) is 39.9 Å². The van der Waals surface area contributed by atoms with Gasteiger partial charge in [0.05, 0.1) is 4.92 Å². The Bertz CT molecular complexity index is 585. The number of nitrogens with zero attached hydrogens (tertiary/aromatic N) is 1. The molecule has 0 unspecified atom stereocenters. The van der Waals surface area contributed by atoms with Crippen LogP contribution in [-0.2, 0) is 9.59 Å². The highest BCUT2D eigenvalue weighted by Gasteiger charge is 2.20. The number of amides is 2. The van der Waals surface area contributed by atoms with E-state index in [2.05, 4.69) is 5.32 Å². The normalized spacial score (nSPS) is 11.5. The predicted octanol–water partition coefficient (Wildman–Crippen LogP) is 0.548. The number of Topliss-reactive ketones (excluding diaryl/α,β-unsaturated/α-hetero) is 1. The zero-order valence-electron chi connectivity index (χ0n) is 11.4. The number of primary amides is 1. The van der Waals surface area contributed by atoms with Crippen LogP contribution >= 0.6 is 0 Å². The van der Waals surface area contributed by atoms with Crippen LogP contribution in [0.25, 0.3) is 0 Å². The molecule has 8 nitrogen and oxygen atoms in total. The van der Waals surface area contributed by atoms with Gasteiger partial charge in [-0.05, 0) is 19.4 Å². The largest absolute Gasteiger partial charge is 0.368 e. The van der Waals surface area contributed by atoms with Crippen molar-refractivity contribution in [1.82, 2.24) is 5.32 Å². The summed E-state index contributed by atoms with van der Waals surface area (Å²) < 4.78 is 0. The maximum atomic E-state index is 12.0. The molecule has 0 aliphatic carbocycles. The van der Waals surface area contributed by atoms with E-state index >= 15 is 0 Å². The Hall–Kier alpha value is -2.77. The monoisotopic (exact) mass is 293 g/mol.